The summed E-state index contributed by atoms with van der Waals surface area (Å²) in [5.41, 5.74) is 2.87. The third-order valence-electron chi connectivity index (χ3n) is 11.2. The maximum atomic E-state index is 13.2. The summed E-state index contributed by atoms with van der Waals surface area (Å²) >= 11 is 0. The van der Waals surface area contributed by atoms with Gasteiger partial charge in [0.05, 0.1) is 27.4 Å². The van der Waals surface area contributed by atoms with E-state index in [1.807, 2.05) is 6.92 Å². The van der Waals surface area contributed by atoms with Crippen LogP contribution in [0, 0.1) is 13.8 Å². The van der Waals surface area contributed by atoms with Gasteiger partial charge in [-0.05, 0) is 73.5 Å². The number of aryl methyl sites for hydroxylation is 2. The smallest absolute Gasteiger partial charge is 0.425 e. The second-order valence-electron chi connectivity index (χ2n) is 16.7. The summed E-state index contributed by atoms with van der Waals surface area (Å²) in [4.78, 5) is 109. The highest BCUT2D eigenvalue weighted by Crippen LogP contribution is 2.28. The summed E-state index contributed by atoms with van der Waals surface area (Å²) in [6.45, 7) is 3.46. The lowest BCUT2D eigenvalue weighted by Crippen LogP contribution is -2.33. The zero-order valence-corrected chi connectivity index (χ0v) is 40.4. The highest BCUT2D eigenvalue weighted by molar-refractivity contribution is 7.91. The zero-order valence-electron chi connectivity index (χ0n) is 38.7. The van der Waals surface area contributed by atoms with Crippen molar-refractivity contribution >= 4 is 84.2 Å². The molecule has 20 nitrogen and oxygen atoms in total. The number of nitrogens with zero attached hydrogens (tertiary/aromatic N) is 2. The Kier molecular flexibility index (Phi) is 17.3. The summed E-state index contributed by atoms with van der Waals surface area (Å²) in [5.74, 6) is -5.28. The maximum absolute atomic E-state index is 13.2. The van der Waals surface area contributed by atoms with Crippen molar-refractivity contribution in [2.75, 3.05) is 35.2 Å². The van der Waals surface area contributed by atoms with Crippen LogP contribution in [0.25, 0.3) is 0 Å². The van der Waals surface area contributed by atoms with Crippen LogP contribution >= 0.6 is 0 Å². The molecule has 2 heterocycles. The average Bonchev–Trinajstić information content (AvgIpc) is 3.96. The molecule has 2 aliphatic heterocycles. The Labute approximate surface area is 413 Å². The fraction of sp³-hybridized carbons (Fsp3) is 0.260. The number of ketones is 2. The van der Waals surface area contributed by atoms with Crippen molar-refractivity contribution in [3.8, 4) is 0 Å². The van der Waals surface area contributed by atoms with E-state index in [1.54, 1.807) is 49.4 Å². The molecule has 22 heteroatoms. The van der Waals surface area contributed by atoms with Gasteiger partial charge in [0.25, 0.3) is 23.6 Å². The van der Waals surface area contributed by atoms with Crippen LogP contribution in [-0.4, -0.2) is 116 Å². The molecule has 0 saturated heterocycles. The van der Waals surface area contributed by atoms with Crippen LogP contribution in [0.3, 0.4) is 0 Å². The van der Waals surface area contributed by atoms with Gasteiger partial charge in [-0.3, -0.25) is 48.2 Å². The van der Waals surface area contributed by atoms with Crippen molar-refractivity contribution < 1.29 is 74.6 Å². The van der Waals surface area contributed by atoms with E-state index < -0.39 is 103 Å². The standard InChI is InChI=1S/C28H26N2O10S.C22H22N2O6S/c1-17-5-7-20(8-6-17)41(37,38)16-23(39-28(36)40-27-21(31)9-10-22(27)32)18-3-2-4-19(15-18)29-24(33)13-14-30-25(34)11-12-26(30)35;1-15-5-7-18(8-6-15)31(29,30)14-19(25)16-3-2-4-17(13-16)23-20(26)11-12-24-21(27)9-10-22(24)28/h2-8,11-12,15,23,27H,9-10,13-14,16H2,1H3,(H,29,33);2-10,13,19,25H,11-12,14H2,1H3,(H,23,26). The largest absolute Gasteiger partial charge is 0.510 e. The van der Waals surface area contributed by atoms with Gasteiger partial charge in [0.15, 0.2) is 31.2 Å². The molecule has 2 atom stereocenters. The molecule has 0 aromatic heterocycles. The van der Waals surface area contributed by atoms with Crippen LogP contribution in [0.2, 0.25) is 0 Å². The van der Waals surface area contributed by atoms with Gasteiger partial charge >= 0.3 is 6.16 Å². The highest BCUT2D eigenvalue weighted by atomic mass is 32.2. The molecule has 1 aliphatic carbocycles. The number of carbonyl (C=O) groups is 9. The number of imide groups is 2. The normalized spacial score (nSPS) is 15.6. The van der Waals surface area contributed by atoms with E-state index in [4.69, 9.17) is 9.47 Å². The number of anilines is 2. The van der Waals surface area contributed by atoms with Gasteiger partial charge in [-0.2, -0.15) is 0 Å². The number of ether oxygens (including phenoxy) is 2. The molecular formula is C50H48N4O16S2. The van der Waals surface area contributed by atoms with Crippen LogP contribution in [0.5, 0.6) is 0 Å². The van der Waals surface area contributed by atoms with E-state index >= 15 is 0 Å². The van der Waals surface area contributed by atoms with Crippen molar-refractivity contribution in [1.82, 2.24) is 9.80 Å². The lowest BCUT2D eigenvalue weighted by Gasteiger charge is -2.20. The van der Waals surface area contributed by atoms with Crippen molar-refractivity contribution in [2.45, 2.75) is 67.6 Å². The molecule has 3 N–H and O–H groups in total. The lowest BCUT2D eigenvalue weighted by atomic mass is 10.1. The fourth-order valence-electron chi connectivity index (χ4n) is 7.26. The van der Waals surface area contributed by atoms with E-state index in [0.717, 1.165) is 45.2 Å². The van der Waals surface area contributed by atoms with Gasteiger partial charge in [-0.25, -0.2) is 21.6 Å². The number of rotatable bonds is 18. The number of benzene rings is 4. The molecule has 4 aromatic rings. The van der Waals surface area contributed by atoms with Gasteiger partial charge in [-0.1, -0.05) is 59.7 Å². The second-order valence-corrected chi connectivity index (χ2v) is 20.7. The minimum atomic E-state index is -4.01. The first-order valence-electron chi connectivity index (χ1n) is 22.1. The molecule has 72 heavy (non-hydrogen) atoms. The van der Waals surface area contributed by atoms with Crippen LogP contribution in [0.1, 0.15) is 60.1 Å². The first-order chi connectivity index (χ1) is 34.1. The Morgan fingerprint density at radius 1 is 0.597 bits per heavy atom. The summed E-state index contributed by atoms with van der Waals surface area (Å²) in [6.07, 6.45) is -1.63. The number of hydrogen-bond donors (Lipinski definition) is 3. The third kappa shape index (κ3) is 14.3. The Morgan fingerprint density at radius 3 is 1.44 bits per heavy atom. The fourth-order valence-corrected chi connectivity index (χ4v) is 10.0. The Bertz CT molecular complexity index is 3040. The summed E-state index contributed by atoms with van der Waals surface area (Å²) in [6, 6.07) is 24.5. The molecule has 1 saturated carbocycles. The van der Waals surface area contributed by atoms with Crippen molar-refractivity contribution in [3.63, 3.8) is 0 Å². The highest BCUT2D eigenvalue weighted by Gasteiger charge is 2.38. The van der Waals surface area contributed by atoms with Crippen molar-refractivity contribution in [1.29, 1.82) is 0 Å². The number of aliphatic hydroxyl groups excluding tert-OH is 1. The van der Waals surface area contributed by atoms with Crippen molar-refractivity contribution in [3.05, 3.63) is 144 Å². The predicted octanol–water partition coefficient (Wildman–Crippen LogP) is 3.97. The van der Waals surface area contributed by atoms with Gasteiger partial charge in [0, 0.05) is 74.5 Å². The summed E-state index contributed by atoms with van der Waals surface area (Å²) in [5, 5.41) is 15.7. The summed E-state index contributed by atoms with van der Waals surface area (Å²) in [7, 11) is -7.71. The molecule has 3 aliphatic rings. The molecule has 1 fully saturated rings. The number of amides is 6. The molecule has 0 bridgehead atoms. The number of sulfone groups is 2. The van der Waals surface area contributed by atoms with E-state index in [0.29, 0.717) is 11.3 Å². The molecule has 376 valence electrons. The van der Waals surface area contributed by atoms with Crippen LogP contribution < -0.4 is 10.6 Å². The van der Waals surface area contributed by atoms with Crippen LogP contribution in [0.4, 0.5) is 16.2 Å². The van der Waals surface area contributed by atoms with Gasteiger partial charge in [0.1, 0.15) is 6.10 Å². The Morgan fingerprint density at radius 2 is 1.00 bits per heavy atom. The third-order valence-corrected chi connectivity index (χ3v) is 14.7. The number of aliphatic hydroxyl groups is 1. The quantitative estimate of drug-likeness (QED) is 0.0722. The topological polar surface area (TPSA) is 291 Å². The number of hydrogen-bond acceptors (Lipinski definition) is 16. The second kappa shape index (κ2) is 23.3. The first kappa shape index (κ1) is 53.4. The minimum absolute atomic E-state index is 0.0174. The van der Waals surface area contributed by atoms with Gasteiger partial charge in [0.2, 0.25) is 17.9 Å². The first-order valence-corrected chi connectivity index (χ1v) is 25.5. The van der Waals surface area contributed by atoms with Gasteiger partial charge in [-0.15, -0.1) is 0 Å². The minimum Gasteiger partial charge on any atom is -0.425 e. The SMILES string of the molecule is Cc1ccc(S(=O)(=O)CC(O)c2cccc(NC(=O)CCN3C(=O)C=CC3=O)c2)cc1.Cc1ccc(S(=O)(=O)CC(OC(=O)OC2C(=O)CCC2=O)c2cccc(NC(=O)CCN3C(=O)C=CC3=O)c2)cc1. The molecular weight excluding hydrogens is 977 g/mol. The van der Waals surface area contributed by atoms with E-state index in [1.165, 1.54) is 54.6 Å². The Hall–Kier alpha value is -7.95. The number of carbonyl (C=O) groups excluding carboxylic acids is 9. The van der Waals surface area contributed by atoms with Crippen LogP contribution in [0.15, 0.2) is 131 Å². The molecule has 7 rings (SSSR count). The van der Waals surface area contributed by atoms with Gasteiger partial charge < -0.3 is 25.2 Å². The molecule has 0 spiro atoms. The van der Waals surface area contributed by atoms with Crippen molar-refractivity contribution in [2.24, 2.45) is 0 Å². The predicted molar refractivity (Wildman–Crippen MR) is 256 cm³/mol. The number of nitrogens with one attached hydrogen (secondary N) is 2. The maximum Gasteiger partial charge on any atom is 0.510 e. The lowest BCUT2D eigenvalue weighted by molar-refractivity contribution is -0.138. The van der Waals surface area contributed by atoms with E-state index in [-0.39, 0.29) is 59.8 Å². The Balaban J connectivity index is 0.000000245. The van der Waals surface area contributed by atoms with Crippen LogP contribution in [-0.2, 0) is 67.5 Å². The molecule has 0 radical (unpaired) electrons. The summed E-state index contributed by atoms with van der Waals surface area (Å²) < 4.78 is 61.8. The average molecular weight is 1030 g/mol. The number of Topliss-reactive ketones (excluding diaryl/α,β-unsaturated/α-hetero) is 2. The molecule has 6 amide bonds. The zero-order chi connectivity index (χ0) is 52.3. The van der Waals surface area contributed by atoms with E-state index in [9.17, 15) is 65.1 Å². The monoisotopic (exact) mass is 1020 g/mol. The molecule has 2 unspecified atom stereocenters. The molecule has 4 aromatic carbocycles. The van der Waals surface area contributed by atoms with E-state index in [2.05, 4.69) is 10.6 Å².